The fraction of sp³-hybridized carbons (Fsp3) is 0.381. The maximum absolute atomic E-state index is 11.6. The Bertz CT molecular complexity index is 1190. The molecule has 0 spiro atoms. The van der Waals surface area contributed by atoms with Gasteiger partial charge in [0.15, 0.2) is 11.5 Å². The van der Waals surface area contributed by atoms with E-state index in [9.17, 15) is 10.1 Å². The van der Waals surface area contributed by atoms with E-state index in [1.165, 1.54) is 10.6 Å². The first kappa shape index (κ1) is 21.3. The van der Waals surface area contributed by atoms with Crippen LogP contribution in [0.25, 0.3) is 17.2 Å². The fourth-order valence-corrected chi connectivity index (χ4v) is 3.50. The van der Waals surface area contributed by atoms with E-state index in [0.29, 0.717) is 23.8 Å². The minimum atomic E-state index is -0.427. The van der Waals surface area contributed by atoms with Crippen LogP contribution in [0.15, 0.2) is 36.4 Å². The van der Waals surface area contributed by atoms with Gasteiger partial charge in [-0.2, -0.15) is 9.67 Å². The number of rotatable bonds is 9. The summed E-state index contributed by atoms with van der Waals surface area (Å²) in [4.78, 5) is 15.9. The molecule has 0 saturated heterocycles. The van der Waals surface area contributed by atoms with Crippen LogP contribution < -0.4 is 0 Å². The Morgan fingerprint density at radius 2 is 1.94 bits per heavy atom. The van der Waals surface area contributed by atoms with Gasteiger partial charge in [-0.25, -0.2) is 14.8 Å². The van der Waals surface area contributed by atoms with Crippen LogP contribution >= 0.6 is 0 Å². The van der Waals surface area contributed by atoms with Gasteiger partial charge < -0.3 is 10.1 Å². The summed E-state index contributed by atoms with van der Waals surface area (Å²) in [5.41, 5.74) is 2.18. The van der Waals surface area contributed by atoms with Gasteiger partial charge in [-0.15, -0.1) is 5.10 Å². The van der Waals surface area contributed by atoms with Gasteiger partial charge in [-0.1, -0.05) is 39.3 Å². The molecule has 32 heavy (non-hydrogen) atoms. The molecule has 0 saturated carbocycles. The molecule has 0 aliphatic rings. The number of H-pyrrole nitrogens is 1. The van der Waals surface area contributed by atoms with E-state index >= 15 is 0 Å². The molecule has 0 amide bonds. The molecule has 3 aromatic heterocycles. The standard InChI is InChI=1S/C21H25N9O2/c1-4-5-6-18-22-20(14(2)3)25-28(18)13-15-7-9-16(10-8-15)29-17(21-23-26-27-24-21)11-12-19(29)30(31)32/h7-12,14H,4-6,13H2,1-3H3,(H,23,24,26,27). The number of hydrogen-bond donors (Lipinski definition) is 1. The Kier molecular flexibility index (Phi) is 6.06. The van der Waals surface area contributed by atoms with Gasteiger partial charge in [0.05, 0.1) is 6.54 Å². The van der Waals surface area contributed by atoms with Crippen molar-refractivity contribution in [3.05, 3.63) is 63.7 Å². The quantitative estimate of drug-likeness (QED) is 0.313. The molecule has 1 aromatic carbocycles. The first-order valence-corrected chi connectivity index (χ1v) is 10.6. The Balaban J connectivity index is 1.64. The zero-order valence-electron chi connectivity index (χ0n) is 18.3. The summed E-state index contributed by atoms with van der Waals surface area (Å²) in [6, 6.07) is 10.7. The monoisotopic (exact) mass is 435 g/mol. The Hall–Kier alpha value is -3.89. The van der Waals surface area contributed by atoms with Gasteiger partial charge in [0.25, 0.3) is 0 Å². The van der Waals surface area contributed by atoms with Crippen LogP contribution in [-0.2, 0) is 13.0 Å². The second-order valence-corrected chi connectivity index (χ2v) is 7.89. The SMILES string of the molecule is CCCCc1nc(C(C)C)nn1Cc1ccc(-n2c(-c3nnn[nH]3)ccc2[N+](=O)[O-])cc1. The Labute approximate surface area is 184 Å². The highest BCUT2D eigenvalue weighted by molar-refractivity contribution is 5.60. The zero-order chi connectivity index (χ0) is 22.7. The number of aromatic amines is 1. The molecule has 0 fully saturated rings. The second kappa shape index (κ2) is 9.08. The Morgan fingerprint density at radius 3 is 2.56 bits per heavy atom. The van der Waals surface area contributed by atoms with Crippen molar-refractivity contribution in [1.82, 2.24) is 40.0 Å². The van der Waals surface area contributed by atoms with Crippen molar-refractivity contribution >= 4 is 5.82 Å². The molecule has 4 aromatic rings. The van der Waals surface area contributed by atoms with Crippen LogP contribution in [0.1, 0.15) is 56.7 Å². The summed E-state index contributed by atoms with van der Waals surface area (Å²) in [6.07, 6.45) is 3.04. The fourth-order valence-electron chi connectivity index (χ4n) is 3.50. The van der Waals surface area contributed by atoms with E-state index in [1.54, 1.807) is 6.07 Å². The predicted octanol–water partition coefficient (Wildman–Crippen LogP) is 3.67. The molecule has 4 rings (SSSR count). The largest absolute Gasteiger partial charge is 0.358 e. The van der Waals surface area contributed by atoms with E-state index in [4.69, 9.17) is 10.1 Å². The van der Waals surface area contributed by atoms with Gasteiger partial charge in [0.2, 0.25) is 5.82 Å². The maximum atomic E-state index is 11.6. The lowest BCUT2D eigenvalue weighted by atomic mass is 10.2. The molecule has 3 heterocycles. The first-order chi connectivity index (χ1) is 15.5. The molecule has 0 atom stereocenters. The number of aromatic nitrogens is 8. The van der Waals surface area contributed by atoms with Crippen LogP contribution in [0, 0.1) is 10.1 Å². The number of nitro groups is 1. The third-order valence-electron chi connectivity index (χ3n) is 5.20. The van der Waals surface area contributed by atoms with Crippen LogP contribution in [0.2, 0.25) is 0 Å². The van der Waals surface area contributed by atoms with Crippen LogP contribution in [0.5, 0.6) is 0 Å². The van der Waals surface area contributed by atoms with Crippen molar-refractivity contribution in [2.24, 2.45) is 0 Å². The van der Waals surface area contributed by atoms with Crippen molar-refractivity contribution in [1.29, 1.82) is 0 Å². The Morgan fingerprint density at radius 1 is 1.16 bits per heavy atom. The molecular formula is C21H25N9O2. The van der Waals surface area contributed by atoms with Crippen LogP contribution in [0.4, 0.5) is 5.82 Å². The third-order valence-corrected chi connectivity index (χ3v) is 5.20. The average Bonchev–Trinajstić information content (AvgIpc) is 3.52. The molecule has 1 N–H and O–H groups in total. The number of nitrogens with one attached hydrogen (secondary N) is 1. The van der Waals surface area contributed by atoms with Crippen molar-refractivity contribution in [2.75, 3.05) is 0 Å². The second-order valence-electron chi connectivity index (χ2n) is 7.89. The van der Waals surface area contributed by atoms with E-state index in [2.05, 4.69) is 41.4 Å². The zero-order valence-corrected chi connectivity index (χ0v) is 18.3. The summed E-state index contributed by atoms with van der Waals surface area (Å²) in [5.74, 6) is 2.38. The number of aryl methyl sites for hydroxylation is 1. The lowest BCUT2D eigenvalue weighted by Gasteiger charge is -2.08. The highest BCUT2D eigenvalue weighted by Gasteiger charge is 2.24. The highest BCUT2D eigenvalue weighted by atomic mass is 16.6. The molecule has 0 radical (unpaired) electrons. The molecule has 11 nitrogen and oxygen atoms in total. The van der Waals surface area contributed by atoms with Gasteiger partial charge in [0, 0.05) is 18.4 Å². The van der Waals surface area contributed by atoms with Gasteiger partial charge in [0.1, 0.15) is 11.5 Å². The minimum absolute atomic E-state index is 0.0659. The van der Waals surface area contributed by atoms with E-state index in [-0.39, 0.29) is 11.7 Å². The number of benzene rings is 1. The van der Waals surface area contributed by atoms with Crippen LogP contribution in [0.3, 0.4) is 0 Å². The summed E-state index contributed by atoms with van der Waals surface area (Å²) >= 11 is 0. The topological polar surface area (TPSA) is 133 Å². The smallest absolute Gasteiger partial charge is 0.328 e. The van der Waals surface area contributed by atoms with E-state index in [0.717, 1.165) is 36.5 Å². The lowest BCUT2D eigenvalue weighted by Crippen LogP contribution is -2.08. The van der Waals surface area contributed by atoms with Crippen molar-refractivity contribution < 1.29 is 4.92 Å². The minimum Gasteiger partial charge on any atom is -0.358 e. The molecule has 166 valence electrons. The molecule has 0 aliphatic heterocycles. The lowest BCUT2D eigenvalue weighted by molar-refractivity contribution is -0.390. The number of unbranched alkanes of at least 4 members (excludes halogenated alkanes) is 1. The molecular weight excluding hydrogens is 410 g/mol. The first-order valence-electron chi connectivity index (χ1n) is 10.6. The third kappa shape index (κ3) is 4.27. The van der Waals surface area contributed by atoms with Crippen molar-refractivity contribution in [2.45, 2.75) is 52.5 Å². The highest BCUT2D eigenvalue weighted by Crippen LogP contribution is 2.28. The maximum Gasteiger partial charge on any atom is 0.328 e. The predicted molar refractivity (Wildman–Crippen MR) is 117 cm³/mol. The molecule has 0 unspecified atom stereocenters. The van der Waals surface area contributed by atoms with Gasteiger partial charge in [-0.05, 0) is 45.5 Å². The summed E-state index contributed by atoms with van der Waals surface area (Å²) < 4.78 is 3.48. The number of tetrazole rings is 1. The summed E-state index contributed by atoms with van der Waals surface area (Å²) in [5, 5.41) is 30.0. The number of nitrogens with zero attached hydrogens (tertiary/aromatic N) is 8. The average molecular weight is 435 g/mol. The summed E-state index contributed by atoms with van der Waals surface area (Å²) in [7, 11) is 0. The molecule has 0 bridgehead atoms. The normalized spacial score (nSPS) is 11.4. The van der Waals surface area contributed by atoms with Crippen molar-refractivity contribution in [3.8, 4) is 17.2 Å². The number of hydrogen-bond acceptors (Lipinski definition) is 7. The van der Waals surface area contributed by atoms with Crippen LogP contribution in [-0.4, -0.2) is 44.9 Å². The van der Waals surface area contributed by atoms with E-state index < -0.39 is 4.92 Å². The van der Waals surface area contributed by atoms with Gasteiger partial charge in [-0.3, -0.25) is 0 Å². The molecule has 11 heteroatoms. The van der Waals surface area contributed by atoms with Crippen molar-refractivity contribution in [3.63, 3.8) is 0 Å². The van der Waals surface area contributed by atoms with E-state index in [1.807, 2.05) is 28.9 Å². The van der Waals surface area contributed by atoms with Gasteiger partial charge >= 0.3 is 5.82 Å². The summed E-state index contributed by atoms with van der Waals surface area (Å²) in [6.45, 7) is 6.92. The molecule has 0 aliphatic carbocycles.